The number of nitrogens with zero attached hydrogens (tertiary/aromatic N) is 6. The fraction of sp³-hybridized carbons (Fsp3) is 0.333. The number of aromatic nitrogens is 6. The molecule has 0 fully saturated rings. The predicted molar refractivity (Wildman–Crippen MR) is 41.0 cm³/mol. The molecule has 0 bridgehead atoms. The number of hydrogen-bond donors (Lipinski definition) is 0. The largest absolute Gasteiger partial charge is 0.255 e. The lowest BCUT2D eigenvalue weighted by Crippen LogP contribution is -1.85. The summed E-state index contributed by atoms with van der Waals surface area (Å²) in [5, 5.41) is 15.4. The molecule has 12 heavy (non-hydrogen) atoms. The third-order valence-electron chi connectivity index (χ3n) is 1.47. The van der Waals surface area contributed by atoms with E-state index in [1.54, 1.807) is 21.8 Å². The number of rotatable bonds is 1. The molecule has 2 aromatic rings. The quantitative estimate of drug-likeness (QED) is 0.576. The topological polar surface area (TPSA) is 61.4 Å². The second kappa shape index (κ2) is 2.40. The Morgan fingerprint density at radius 3 is 1.58 bits per heavy atom. The lowest BCUT2D eigenvalue weighted by molar-refractivity contribution is 0.714. The fourth-order valence-corrected chi connectivity index (χ4v) is 0.929. The molecule has 6 nitrogen and oxygen atoms in total. The van der Waals surface area contributed by atoms with Crippen molar-refractivity contribution in [2.24, 2.45) is 14.1 Å². The van der Waals surface area contributed by atoms with Crippen LogP contribution >= 0.6 is 0 Å². The Kier molecular flexibility index (Phi) is 1.39. The van der Waals surface area contributed by atoms with Gasteiger partial charge in [-0.1, -0.05) is 10.4 Å². The first-order valence-electron chi connectivity index (χ1n) is 3.49. The van der Waals surface area contributed by atoms with E-state index in [2.05, 4.69) is 20.6 Å². The van der Waals surface area contributed by atoms with Gasteiger partial charge in [-0.2, -0.15) is 0 Å². The van der Waals surface area contributed by atoms with Gasteiger partial charge < -0.3 is 0 Å². The summed E-state index contributed by atoms with van der Waals surface area (Å²) >= 11 is 0. The van der Waals surface area contributed by atoms with Crippen LogP contribution in [0.1, 0.15) is 0 Å². The maximum absolute atomic E-state index is 3.90. The van der Waals surface area contributed by atoms with Crippen LogP contribution in [-0.4, -0.2) is 30.0 Å². The first-order valence-corrected chi connectivity index (χ1v) is 3.49. The molecule has 0 atom stereocenters. The van der Waals surface area contributed by atoms with Crippen LogP contribution in [0.2, 0.25) is 0 Å². The zero-order valence-electron chi connectivity index (χ0n) is 6.84. The van der Waals surface area contributed by atoms with Crippen LogP contribution < -0.4 is 0 Å². The van der Waals surface area contributed by atoms with Gasteiger partial charge >= 0.3 is 0 Å². The van der Waals surface area contributed by atoms with Gasteiger partial charge in [-0.25, -0.2) is 0 Å². The van der Waals surface area contributed by atoms with Gasteiger partial charge in [0.05, 0.1) is 12.4 Å². The lowest BCUT2D eigenvalue weighted by Gasteiger charge is -1.81. The summed E-state index contributed by atoms with van der Waals surface area (Å²) in [6.45, 7) is 0. The highest BCUT2D eigenvalue weighted by molar-refractivity contribution is 5.49. The van der Waals surface area contributed by atoms with Gasteiger partial charge in [-0.05, 0) is 0 Å². The van der Waals surface area contributed by atoms with E-state index in [0.29, 0.717) is 0 Å². The Balaban J connectivity index is 2.43. The number of aryl methyl sites for hydroxylation is 2. The predicted octanol–water partition coefficient (Wildman–Crippen LogP) is -0.389. The minimum Gasteiger partial charge on any atom is -0.255 e. The van der Waals surface area contributed by atoms with Crippen molar-refractivity contribution >= 4 is 0 Å². The zero-order chi connectivity index (χ0) is 8.55. The standard InChI is InChI=1S/C6H8N6/c1-11-3-5(7-9-11)6-4-12(2)10-8-6/h3-4H,1-2H3. The van der Waals surface area contributed by atoms with Gasteiger partial charge in [0.2, 0.25) is 0 Å². The molecule has 0 amide bonds. The van der Waals surface area contributed by atoms with Crippen LogP contribution in [0.4, 0.5) is 0 Å². The molecule has 6 heteroatoms. The van der Waals surface area contributed by atoms with E-state index in [0.717, 1.165) is 11.4 Å². The average molecular weight is 164 g/mol. The van der Waals surface area contributed by atoms with Crippen LogP contribution in [0.5, 0.6) is 0 Å². The molecule has 2 heterocycles. The van der Waals surface area contributed by atoms with Crippen LogP contribution in [0, 0.1) is 0 Å². The molecule has 0 saturated heterocycles. The van der Waals surface area contributed by atoms with Gasteiger partial charge in [0.25, 0.3) is 0 Å². The molecule has 0 aliphatic carbocycles. The van der Waals surface area contributed by atoms with E-state index < -0.39 is 0 Å². The monoisotopic (exact) mass is 164 g/mol. The van der Waals surface area contributed by atoms with Crippen molar-refractivity contribution in [1.82, 2.24) is 30.0 Å². The van der Waals surface area contributed by atoms with Crippen molar-refractivity contribution in [3.63, 3.8) is 0 Å². The normalized spacial score (nSPS) is 10.5. The van der Waals surface area contributed by atoms with E-state index >= 15 is 0 Å². The summed E-state index contributed by atoms with van der Waals surface area (Å²) in [4.78, 5) is 0. The van der Waals surface area contributed by atoms with Gasteiger partial charge in [-0.15, -0.1) is 10.2 Å². The summed E-state index contributed by atoms with van der Waals surface area (Å²) in [5.74, 6) is 0. The van der Waals surface area contributed by atoms with Gasteiger partial charge in [0.1, 0.15) is 11.4 Å². The summed E-state index contributed by atoms with van der Waals surface area (Å²) < 4.78 is 3.26. The second-order valence-corrected chi connectivity index (χ2v) is 2.55. The van der Waals surface area contributed by atoms with E-state index in [1.807, 2.05) is 14.1 Å². The molecule has 0 aliphatic rings. The Morgan fingerprint density at radius 2 is 1.33 bits per heavy atom. The van der Waals surface area contributed by atoms with Gasteiger partial charge in [0.15, 0.2) is 0 Å². The molecule has 0 aromatic carbocycles. The zero-order valence-corrected chi connectivity index (χ0v) is 6.84. The summed E-state index contributed by atoms with van der Waals surface area (Å²) in [6.07, 6.45) is 3.59. The van der Waals surface area contributed by atoms with Crippen molar-refractivity contribution < 1.29 is 0 Å². The Labute approximate surface area is 68.8 Å². The molecule has 0 saturated carbocycles. The van der Waals surface area contributed by atoms with Crippen LogP contribution in [0.3, 0.4) is 0 Å². The maximum atomic E-state index is 3.90. The highest BCUT2D eigenvalue weighted by Gasteiger charge is 2.05. The highest BCUT2D eigenvalue weighted by Crippen LogP contribution is 2.09. The first kappa shape index (κ1) is 6.96. The Bertz CT molecular complexity index is 348. The molecule has 0 radical (unpaired) electrons. The summed E-state index contributed by atoms with van der Waals surface area (Å²) in [7, 11) is 3.62. The average Bonchev–Trinajstić information content (AvgIpc) is 2.58. The molecule has 2 aromatic heterocycles. The van der Waals surface area contributed by atoms with E-state index in [1.165, 1.54) is 0 Å². The third kappa shape index (κ3) is 1.07. The van der Waals surface area contributed by atoms with Gasteiger partial charge in [0, 0.05) is 14.1 Å². The van der Waals surface area contributed by atoms with Crippen LogP contribution in [0.25, 0.3) is 11.4 Å². The third-order valence-corrected chi connectivity index (χ3v) is 1.47. The Morgan fingerprint density at radius 1 is 0.917 bits per heavy atom. The van der Waals surface area contributed by atoms with Crippen LogP contribution in [0.15, 0.2) is 12.4 Å². The summed E-state index contributed by atoms with van der Waals surface area (Å²) in [6, 6.07) is 0. The smallest absolute Gasteiger partial charge is 0.134 e. The molecule has 0 aliphatic heterocycles. The molecular formula is C6H8N6. The van der Waals surface area contributed by atoms with Crippen molar-refractivity contribution in [2.45, 2.75) is 0 Å². The maximum Gasteiger partial charge on any atom is 0.134 e. The lowest BCUT2D eigenvalue weighted by atomic mass is 10.4. The fourth-order valence-electron chi connectivity index (χ4n) is 0.929. The van der Waals surface area contributed by atoms with Crippen molar-refractivity contribution in [1.29, 1.82) is 0 Å². The van der Waals surface area contributed by atoms with Crippen molar-refractivity contribution in [2.75, 3.05) is 0 Å². The second-order valence-electron chi connectivity index (χ2n) is 2.55. The molecule has 0 N–H and O–H groups in total. The first-order chi connectivity index (χ1) is 5.75. The van der Waals surface area contributed by atoms with E-state index in [4.69, 9.17) is 0 Å². The minimum absolute atomic E-state index is 0.741. The minimum atomic E-state index is 0.741. The van der Waals surface area contributed by atoms with Crippen molar-refractivity contribution in [3.8, 4) is 11.4 Å². The van der Waals surface area contributed by atoms with E-state index in [-0.39, 0.29) is 0 Å². The summed E-state index contributed by atoms with van der Waals surface area (Å²) in [5.41, 5.74) is 1.48. The highest BCUT2D eigenvalue weighted by atomic mass is 15.4. The molecular weight excluding hydrogens is 156 g/mol. The van der Waals surface area contributed by atoms with Gasteiger partial charge in [-0.3, -0.25) is 9.36 Å². The van der Waals surface area contributed by atoms with Crippen molar-refractivity contribution in [3.05, 3.63) is 12.4 Å². The number of hydrogen-bond acceptors (Lipinski definition) is 4. The molecule has 62 valence electrons. The Hall–Kier alpha value is -1.72. The molecule has 0 spiro atoms. The molecule has 2 rings (SSSR count). The molecule has 0 unspecified atom stereocenters. The van der Waals surface area contributed by atoms with E-state index in [9.17, 15) is 0 Å². The van der Waals surface area contributed by atoms with Crippen LogP contribution in [-0.2, 0) is 14.1 Å². The SMILES string of the molecule is Cn1cc(-c2cn(C)nn2)nn1.